The number of aromatic nitrogens is 1. The van der Waals surface area contributed by atoms with Crippen molar-refractivity contribution >= 4 is 29.1 Å². The highest BCUT2D eigenvalue weighted by molar-refractivity contribution is 8.04. The summed E-state index contributed by atoms with van der Waals surface area (Å²) in [5.74, 6) is 0.291. The van der Waals surface area contributed by atoms with Gasteiger partial charge in [-0.25, -0.2) is 0 Å². The third-order valence-electron chi connectivity index (χ3n) is 3.82. The molecule has 3 rings (SSSR count). The quantitative estimate of drug-likeness (QED) is 0.784. The van der Waals surface area contributed by atoms with Gasteiger partial charge in [0.25, 0.3) is 11.8 Å². The van der Waals surface area contributed by atoms with Crippen molar-refractivity contribution in [1.29, 1.82) is 0 Å². The van der Waals surface area contributed by atoms with Gasteiger partial charge in [0, 0.05) is 12.4 Å². The molecule has 5 heteroatoms. The Bertz CT molecular complexity index is 798. The number of aryl methyl sites for hydroxylation is 1. The molecule has 4 nitrogen and oxygen atoms in total. The molecule has 0 unspecified atom stereocenters. The summed E-state index contributed by atoms with van der Waals surface area (Å²) in [6.45, 7) is 4.22. The normalized spacial score (nSPS) is 14.7. The van der Waals surface area contributed by atoms with Crippen LogP contribution in [-0.2, 0) is 16.1 Å². The molecule has 0 radical (unpaired) electrons. The molecule has 1 aliphatic heterocycles. The van der Waals surface area contributed by atoms with Gasteiger partial charge in [-0.1, -0.05) is 42.8 Å². The summed E-state index contributed by atoms with van der Waals surface area (Å²) in [6, 6.07) is 11.4. The molecule has 2 heterocycles. The lowest BCUT2D eigenvalue weighted by Crippen LogP contribution is -2.31. The topological polar surface area (TPSA) is 50.3 Å². The molecule has 0 saturated carbocycles. The van der Waals surface area contributed by atoms with Gasteiger partial charge in [-0.2, -0.15) is 0 Å². The van der Waals surface area contributed by atoms with Crippen LogP contribution in [0, 0.1) is 6.92 Å². The van der Waals surface area contributed by atoms with E-state index in [2.05, 4.69) is 4.98 Å². The number of rotatable bonds is 5. The van der Waals surface area contributed by atoms with Crippen LogP contribution in [0.3, 0.4) is 0 Å². The van der Waals surface area contributed by atoms with E-state index in [0.29, 0.717) is 10.5 Å². The van der Waals surface area contributed by atoms with Gasteiger partial charge in [-0.15, -0.1) is 11.8 Å². The molecule has 0 spiro atoms. The zero-order valence-electron chi connectivity index (χ0n) is 13.7. The van der Waals surface area contributed by atoms with Crippen LogP contribution in [0.15, 0.2) is 53.7 Å². The van der Waals surface area contributed by atoms with Gasteiger partial charge < -0.3 is 0 Å². The smallest absolute Gasteiger partial charge is 0.268 e. The number of hydrogen-bond donors (Lipinski definition) is 0. The first kappa shape index (κ1) is 16.5. The summed E-state index contributed by atoms with van der Waals surface area (Å²) < 4.78 is 0. The van der Waals surface area contributed by atoms with E-state index >= 15 is 0 Å². The molecule has 2 amide bonds. The summed E-state index contributed by atoms with van der Waals surface area (Å²) in [5, 5.41) is 0. The van der Waals surface area contributed by atoms with Crippen LogP contribution in [0.1, 0.15) is 23.6 Å². The largest absolute Gasteiger partial charge is 0.269 e. The van der Waals surface area contributed by atoms with Crippen LogP contribution in [0.25, 0.3) is 5.57 Å². The second kappa shape index (κ2) is 7.01. The summed E-state index contributed by atoms with van der Waals surface area (Å²) in [7, 11) is 0. The second-order valence-corrected chi connectivity index (χ2v) is 6.84. The lowest BCUT2D eigenvalue weighted by molar-refractivity contribution is -0.137. The Balaban J connectivity index is 1.97. The minimum atomic E-state index is -0.233. The van der Waals surface area contributed by atoms with Crippen molar-refractivity contribution in [3.63, 3.8) is 0 Å². The van der Waals surface area contributed by atoms with Gasteiger partial charge in [0.1, 0.15) is 0 Å². The van der Waals surface area contributed by atoms with E-state index in [1.807, 2.05) is 44.2 Å². The van der Waals surface area contributed by atoms with Gasteiger partial charge >= 0.3 is 0 Å². The highest BCUT2D eigenvalue weighted by Crippen LogP contribution is 2.36. The second-order valence-electron chi connectivity index (χ2n) is 5.56. The molecule has 0 N–H and O–H groups in total. The van der Waals surface area contributed by atoms with Gasteiger partial charge in [0.15, 0.2) is 0 Å². The molecule has 1 aromatic heterocycles. The molecule has 0 fully saturated rings. The van der Waals surface area contributed by atoms with E-state index in [-0.39, 0.29) is 18.4 Å². The van der Waals surface area contributed by atoms with Gasteiger partial charge in [-0.3, -0.25) is 19.5 Å². The van der Waals surface area contributed by atoms with Crippen LogP contribution in [0.2, 0.25) is 0 Å². The fourth-order valence-corrected chi connectivity index (χ4v) is 3.50. The fourth-order valence-electron chi connectivity index (χ4n) is 2.62. The van der Waals surface area contributed by atoms with E-state index in [0.717, 1.165) is 22.4 Å². The predicted molar refractivity (Wildman–Crippen MR) is 96.0 cm³/mol. The van der Waals surface area contributed by atoms with Gasteiger partial charge in [0.2, 0.25) is 0 Å². The molecular formula is C19H18N2O2S. The highest BCUT2D eigenvalue weighted by atomic mass is 32.2. The molecule has 0 saturated heterocycles. The number of pyridine rings is 1. The standard InChI is InChI=1S/C19H18N2O2S/c1-3-24-17-16(15-8-6-13(2)7-9-15)18(22)21(19(17)23)12-14-5-4-10-20-11-14/h4-11H,3,12H2,1-2H3. The van der Waals surface area contributed by atoms with Crippen molar-refractivity contribution in [2.24, 2.45) is 0 Å². The van der Waals surface area contributed by atoms with E-state index in [1.165, 1.54) is 16.7 Å². The van der Waals surface area contributed by atoms with E-state index in [9.17, 15) is 9.59 Å². The molecule has 0 atom stereocenters. The molecule has 0 aliphatic carbocycles. The maximum absolute atomic E-state index is 12.9. The molecule has 24 heavy (non-hydrogen) atoms. The molecule has 2 aromatic rings. The summed E-state index contributed by atoms with van der Waals surface area (Å²) in [6.07, 6.45) is 3.35. The van der Waals surface area contributed by atoms with Crippen molar-refractivity contribution in [3.05, 3.63) is 70.4 Å². The minimum Gasteiger partial charge on any atom is -0.269 e. The Morgan fingerprint density at radius 2 is 1.83 bits per heavy atom. The van der Waals surface area contributed by atoms with Gasteiger partial charge in [-0.05, 0) is 29.9 Å². The summed E-state index contributed by atoms with van der Waals surface area (Å²) in [5.41, 5.74) is 3.26. The Hall–Kier alpha value is -2.40. The third kappa shape index (κ3) is 3.12. The zero-order valence-corrected chi connectivity index (χ0v) is 14.5. The summed E-state index contributed by atoms with van der Waals surface area (Å²) >= 11 is 1.42. The average Bonchev–Trinajstić information content (AvgIpc) is 2.82. The van der Waals surface area contributed by atoms with Gasteiger partial charge in [0.05, 0.1) is 17.0 Å². The van der Waals surface area contributed by atoms with Crippen molar-refractivity contribution in [3.8, 4) is 0 Å². The zero-order chi connectivity index (χ0) is 17.1. The number of thioether (sulfide) groups is 1. The number of benzene rings is 1. The summed E-state index contributed by atoms with van der Waals surface area (Å²) in [4.78, 5) is 31.6. The van der Waals surface area contributed by atoms with Crippen LogP contribution in [-0.4, -0.2) is 27.5 Å². The Kier molecular flexibility index (Phi) is 4.81. The van der Waals surface area contributed by atoms with Crippen LogP contribution in [0.5, 0.6) is 0 Å². The first-order chi connectivity index (χ1) is 11.6. The molecule has 122 valence electrons. The first-order valence-corrected chi connectivity index (χ1v) is 8.79. The Morgan fingerprint density at radius 1 is 1.08 bits per heavy atom. The average molecular weight is 338 g/mol. The number of amides is 2. The lowest BCUT2D eigenvalue weighted by atomic mass is 10.0. The SMILES string of the molecule is CCSC1=C(c2ccc(C)cc2)C(=O)N(Cc2cccnc2)C1=O. The number of hydrogen-bond acceptors (Lipinski definition) is 4. The maximum atomic E-state index is 12.9. The minimum absolute atomic E-state index is 0.216. The molecule has 1 aromatic carbocycles. The monoisotopic (exact) mass is 338 g/mol. The number of imide groups is 1. The number of nitrogens with zero attached hydrogens (tertiary/aromatic N) is 2. The Morgan fingerprint density at radius 3 is 2.46 bits per heavy atom. The van der Waals surface area contributed by atoms with Crippen LogP contribution < -0.4 is 0 Å². The maximum Gasteiger partial charge on any atom is 0.268 e. The number of carbonyl (C=O) groups is 2. The molecule has 0 bridgehead atoms. The van der Waals surface area contributed by atoms with Crippen LogP contribution >= 0.6 is 11.8 Å². The highest BCUT2D eigenvalue weighted by Gasteiger charge is 2.38. The predicted octanol–water partition coefficient (Wildman–Crippen LogP) is 3.42. The lowest BCUT2D eigenvalue weighted by Gasteiger charge is -2.14. The van der Waals surface area contributed by atoms with E-state index in [1.54, 1.807) is 18.5 Å². The van der Waals surface area contributed by atoms with Crippen molar-refractivity contribution in [2.45, 2.75) is 20.4 Å². The van der Waals surface area contributed by atoms with E-state index in [4.69, 9.17) is 0 Å². The van der Waals surface area contributed by atoms with E-state index < -0.39 is 0 Å². The first-order valence-electron chi connectivity index (χ1n) is 7.81. The Labute approximate surface area is 145 Å². The molecular weight excluding hydrogens is 320 g/mol. The van der Waals surface area contributed by atoms with Crippen LogP contribution in [0.4, 0.5) is 0 Å². The van der Waals surface area contributed by atoms with Crippen molar-refractivity contribution < 1.29 is 9.59 Å². The number of carbonyl (C=O) groups excluding carboxylic acids is 2. The van der Waals surface area contributed by atoms with Crippen molar-refractivity contribution in [2.75, 3.05) is 5.75 Å². The third-order valence-corrected chi connectivity index (χ3v) is 4.77. The molecule has 1 aliphatic rings. The van der Waals surface area contributed by atoms with Crippen molar-refractivity contribution in [1.82, 2.24) is 9.88 Å². The fraction of sp³-hybridized carbons (Fsp3) is 0.211.